The number of fused-ring (bicyclic) bond motifs is 1. The van der Waals surface area contributed by atoms with Crippen molar-refractivity contribution >= 4 is 11.7 Å². The lowest BCUT2D eigenvalue weighted by atomic mass is 10.0. The molecule has 0 aliphatic carbocycles. The van der Waals surface area contributed by atoms with Crippen molar-refractivity contribution in [1.82, 2.24) is 5.32 Å². The summed E-state index contributed by atoms with van der Waals surface area (Å²) in [6.07, 6.45) is 0.427. The van der Waals surface area contributed by atoms with Crippen LogP contribution in [-0.2, 0) is 11.3 Å². The zero-order valence-electron chi connectivity index (χ0n) is 9.08. The van der Waals surface area contributed by atoms with Crippen molar-refractivity contribution in [3.05, 3.63) is 29.3 Å². The van der Waals surface area contributed by atoms with Gasteiger partial charge in [0, 0.05) is 19.9 Å². The summed E-state index contributed by atoms with van der Waals surface area (Å²) in [5, 5.41) is 2.69. The van der Waals surface area contributed by atoms with Gasteiger partial charge in [-0.2, -0.15) is 0 Å². The van der Waals surface area contributed by atoms with E-state index in [1.54, 1.807) is 12.1 Å². The smallest absolute Gasteiger partial charge is 0.217 e. The van der Waals surface area contributed by atoms with Crippen LogP contribution in [0.25, 0.3) is 0 Å². The van der Waals surface area contributed by atoms with Crippen molar-refractivity contribution < 1.29 is 14.3 Å². The molecule has 84 valence electrons. The average Bonchev–Trinajstić information content (AvgIpc) is 2.27. The predicted octanol–water partition coefficient (Wildman–Crippen LogP) is 1.29. The Morgan fingerprint density at radius 1 is 1.50 bits per heavy atom. The van der Waals surface area contributed by atoms with Crippen molar-refractivity contribution in [2.24, 2.45) is 0 Å². The number of carbonyl (C=O) groups excluding carboxylic acids is 2. The third-order valence-corrected chi connectivity index (χ3v) is 2.47. The number of ether oxygens (including phenoxy) is 1. The summed E-state index contributed by atoms with van der Waals surface area (Å²) in [7, 11) is 0. The van der Waals surface area contributed by atoms with Gasteiger partial charge in [0.2, 0.25) is 5.91 Å². The van der Waals surface area contributed by atoms with Gasteiger partial charge in [-0.05, 0) is 17.7 Å². The largest absolute Gasteiger partial charge is 0.492 e. The fourth-order valence-corrected chi connectivity index (χ4v) is 1.65. The normalized spacial score (nSPS) is 13.9. The Labute approximate surface area is 93.6 Å². The van der Waals surface area contributed by atoms with Gasteiger partial charge in [-0.15, -0.1) is 0 Å². The van der Waals surface area contributed by atoms with E-state index in [4.69, 9.17) is 4.74 Å². The molecule has 0 unspecified atom stereocenters. The van der Waals surface area contributed by atoms with Gasteiger partial charge in [0.15, 0.2) is 5.78 Å². The molecule has 4 heteroatoms. The van der Waals surface area contributed by atoms with E-state index in [0.717, 1.165) is 5.56 Å². The van der Waals surface area contributed by atoms with Crippen LogP contribution in [0.5, 0.6) is 5.75 Å². The fourth-order valence-electron chi connectivity index (χ4n) is 1.65. The highest BCUT2D eigenvalue weighted by molar-refractivity contribution is 5.99. The van der Waals surface area contributed by atoms with Gasteiger partial charge in [-0.1, -0.05) is 6.07 Å². The monoisotopic (exact) mass is 219 g/mol. The molecule has 0 aromatic heterocycles. The zero-order valence-corrected chi connectivity index (χ0v) is 9.08. The van der Waals surface area contributed by atoms with Crippen molar-refractivity contribution in [3.8, 4) is 5.75 Å². The molecule has 0 spiro atoms. The molecule has 0 atom stereocenters. The molecular formula is C12H13NO3. The second-order valence-electron chi connectivity index (χ2n) is 3.76. The lowest BCUT2D eigenvalue weighted by Gasteiger charge is -2.16. The van der Waals surface area contributed by atoms with Crippen LogP contribution < -0.4 is 10.1 Å². The van der Waals surface area contributed by atoms with Gasteiger partial charge in [0.25, 0.3) is 0 Å². The van der Waals surface area contributed by atoms with Crippen LogP contribution in [0, 0.1) is 0 Å². The molecule has 0 saturated heterocycles. The molecule has 1 aromatic rings. The maximum atomic E-state index is 11.6. The topological polar surface area (TPSA) is 55.4 Å². The van der Waals surface area contributed by atoms with Gasteiger partial charge in [0.05, 0.1) is 12.2 Å². The molecule has 2 rings (SSSR count). The van der Waals surface area contributed by atoms with Gasteiger partial charge in [-0.3, -0.25) is 9.59 Å². The van der Waals surface area contributed by atoms with E-state index in [2.05, 4.69) is 5.32 Å². The lowest BCUT2D eigenvalue weighted by molar-refractivity contribution is -0.119. The standard InChI is InChI=1S/C12H13NO3/c1-8(14)13-7-9-2-3-12-10(6-9)11(15)4-5-16-12/h2-3,6H,4-5,7H2,1H3,(H,13,14). The van der Waals surface area contributed by atoms with Crippen LogP contribution in [0.4, 0.5) is 0 Å². The van der Waals surface area contributed by atoms with Gasteiger partial charge in [0.1, 0.15) is 5.75 Å². The van der Waals surface area contributed by atoms with Crippen LogP contribution in [0.15, 0.2) is 18.2 Å². The number of benzene rings is 1. The van der Waals surface area contributed by atoms with Crippen LogP contribution in [-0.4, -0.2) is 18.3 Å². The summed E-state index contributed by atoms with van der Waals surface area (Å²) < 4.78 is 5.37. The van der Waals surface area contributed by atoms with Crippen molar-refractivity contribution in [3.63, 3.8) is 0 Å². The van der Waals surface area contributed by atoms with E-state index in [9.17, 15) is 9.59 Å². The Morgan fingerprint density at radius 3 is 3.06 bits per heavy atom. The van der Waals surface area contributed by atoms with Crippen molar-refractivity contribution in [1.29, 1.82) is 0 Å². The molecular weight excluding hydrogens is 206 g/mol. The summed E-state index contributed by atoms with van der Waals surface area (Å²) in [6, 6.07) is 5.42. The molecule has 4 nitrogen and oxygen atoms in total. The second kappa shape index (κ2) is 4.35. The number of carbonyl (C=O) groups is 2. The third kappa shape index (κ3) is 2.21. The van der Waals surface area contributed by atoms with Crippen LogP contribution in [0.3, 0.4) is 0 Å². The minimum atomic E-state index is -0.0831. The summed E-state index contributed by atoms with van der Waals surface area (Å²) >= 11 is 0. The number of nitrogens with one attached hydrogen (secondary N) is 1. The van der Waals surface area contributed by atoms with E-state index in [1.807, 2.05) is 6.07 Å². The number of hydrogen-bond donors (Lipinski definition) is 1. The molecule has 1 amide bonds. The molecule has 16 heavy (non-hydrogen) atoms. The van der Waals surface area contributed by atoms with E-state index in [0.29, 0.717) is 30.9 Å². The number of Topliss-reactive ketones (excluding diaryl/α,β-unsaturated/α-hetero) is 1. The molecule has 1 heterocycles. The maximum Gasteiger partial charge on any atom is 0.217 e. The highest BCUT2D eigenvalue weighted by Gasteiger charge is 2.18. The minimum Gasteiger partial charge on any atom is -0.492 e. The summed E-state index contributed by atoms with van der Waals surface area (Å²) in [4.78, 5) is 22.4. The molecule has 1 aliphatic rings. The minimum absolute atomic E-state index is 0.0831. The first kappa shape index (κ1) is 10.7. The second-order valence-corrected chi connectivity index (χ2v) is 3.76. The lowest BCUT2D eigenvalue weighted by Crippen LogP contribution is -2.20. The van der Waals surface area contributed by atoms with E-state index in [1.165, 1.54) is 6.92 Å². The first-order valence-electron chi connectivity index (χ1n) is 5.20. The highest BCUT2D eigenvalue weighted by atomic mass is 16.5. The Hall–Kier alpha value is -1.84. The van der Waals surface area contributed by atoms with Gasteiger partial charge < -0.3 is 10.1 Å². The zero-order chi connectivity index (χ0) is 11.5. The highest BCUT2D eigenvalue weighted by Crippen LogP contribution is 2.25. The Kier molecular flexibility index (Phi) is 2.90. The average molecular weight is 219 g/mol. The predicted molar refractivity (Wildman–Crippen MR) is 58.4 cm³/mol. The molecule has 1 N–H and O–H groups in total. The Balaban J connectivity index is 2.20. The van der Waals surface area contributed by atoms with Crippen molar-refractivity contribution in [2.45, 2.75) is 19.9 Å². The van der Waals surface area contributed by atoms with Crippen LogP contribution in [0.1, 0.15) is 29.3 Å². The molecule has 0 radical (unpaired) electrons. The molecule has 0 bridgehead atoms. The molecule has 1 aromatic carbocycles. The van der Waals surface area contributed by atoms with E-state index >= 15 is 0 Å². The van der Waals surface area contributed by atoms with Crippen LogP contribution >= 0.6 is 0 Å². The van der Waals surface area contributed by atoms with E-state index in [-0.39, 0.29) is 11.7 Å². The number of ketones is 1. The number of amides is 1. The Bertz CT molecular complexity index is 440. The van der Waals surface area contributed by atoms with E-state index < -0.39 is 0 Å². The Morgan fingerprint density at radius 2 is 2.31 bits per heavy atom. The first-order valence-corrected chi connectivity index (χ1v) is 5.20. The van der Waals surface area contributed by atoms with Crippen LogP contribution in [0.2, 0.25) is 0 Å². The molecule has 1 aliphatic heterocycles. The van der Waals surface area contributed by atoms with Gasteiger partial charge in [-0.25, -0.2) is 0 Å². The molecule has 0 fully saturated rings. The summed E-state index contributed by atoms with van der Waals surface area (Å²) in [6.45, 7) is 2.36. The maximum absolute atomic E-state index is 11.6. The first-order chi connectivity index (χ1) is 7.66. The quantitative estimate of drug-likeness (QED) is 0.815. The fraction of sp³-hybridized carbons (Fsp3) is 0.333. The SMILES string of the molecule is CC(=O)NCc1ccc2c(c1)C(=O)CCO2. The number of rotatable bonds is 2. The third-order valence-electron chi connectivity index (χ3n) is 2.47. The molecule has 0 saturated carbocycles. The summed E-state index contributed by atoms with van der Waals surface area (Å²) in [5.74, 6) is 0.661. The van der Waals surface area contributed by atoms with Gasteiger partial charge >= 0.3 is 0 Å². The van der Waals surface area contributed by atoms with Crippen molar-refractivity contribution in [2.75, 3.05) is 6.61 Å². The summed E-state index contributed by atoms with van der Waals surface area (Å²) in [5.41, 5.74) is 1.53. The number of hydrogen-bond acceptors (Lipinski definition) is 3.